The van der Waals surface area contributed by atoms with Crippen LogP contribution in [0, 0.1) is 19.7 Å². The van der Waals surface area contributed by atoms with Gasteiger partial charge in [-0.1, -0.05) is 11.6 Å². The van der Waals surface area contributed by atoms with Crippen molar-refractivity contribution in [3.05, 3.63) is 58.6 Å². The van der Waals surface area contributed by atoms with E-state index in [0.717, 1.165) is 16.9 Å². The second-order valence-electron chi connectivity index (χ2n) is 4.75. The van der Waals surface area contributed by atoms with E-state index in [1.165, 1.54) is 18.2 Å². The van der Waals surface area contributed by atoms with E-state index in [-0.39, 0.29) is 5.02 Å². The molecule has 0 aliphatic heterocycles. The van der Waals surface area contributed by atoms with Crippen molar-refractivity contribution < 1.29 is 4.39 Å². The molecular weight excluding hydrogens is 291 g/mol. The maximum absolute atomic E-state index is 13.1. The first-order valence-electron chi connectivity index (χ1n) is 6.37. The fourth-order valence-corrected chi connectivity index (χ4v) is 2.20. The smallest absolute Gasteiger partial charge is 0.182 e. The van der Waals surface area contributed by atoms with Crippen LogP contribution >= 0.6 is 11.6 Å². The topological polar surface area (TPSA) is 42.0 Å². The Morgan fingerprint density at radius 3 is 2.71 bits per heavy atom. The normalized spacial score (nSPS) is 11.6. The van der Waals surface area contributed by atoms with Crippen molar-refractivity contribution in [1.82, 2.24) is 9.38 Å². The number of imidazole rings is 1. The number of rotatable bonds is 2. The molecule has 3 rings (SSSR count). The zero-order chi connectivity index (χ0) is 15.0. The maximum atomic E-state index is 13.1. The van der Waals surface area contributed by atoms with Gasteiger partial charge in [0.05, 0.1) is 16.4 Å². The van der Waals surface area contributed by atoms with Gasteiger partial charge in [0, 0.05) is 6.20 Å². The monoisotopic (exact) mass is 302 g/mol. The number of fused-ring (bicyclic) bond motifs is 1. The fourth-order valence-electron chi connectivity index (χ4n) is 2.02. The molecule has 4 nitrogen and oxygen atoms in total. The Balaban J connectivity index is 2.02. The van der Waals surface area contributed by atoms with Gasteiger partial charge in [-0.25, -0.2) is 9.37 Å². The number of nitrogens with zero attached hydrogens (tertiary/aromatic N) is 4. The highest BCUT2D eigenvalue weighted by molar-refractivity contribution is 6.30. The number of hydrogen-bond donors (Lipinski definition) is 0. The maximum Gasteiger partial charge on any atom is 0.182 e. The van der Waals surface area contributed by atoms with Crippen molar-refractivity contribution in [3.8, 4) is 0 Å². The third kappa shape index (κ3) is 2.64. The third-order valence-electron chi connectivity index (χ3n) is 3.09. The summed E-state index contributed by atoms with van der Waals surface area (Å²) in [6.07, 6.45) is 1.90. The van der Waals surface area contributed by atoms with E-state index in [1.54, 1.807) is 0 Å². The first kappa shape index (κ1) is 13.7. The van der Waals surface area contributed by atoms with Crippen LogP contribution < -0.4 is 0 Å². The number of halogens is 2. The van der Waals surface area contributed by atoms with Crippen LogP contribution in [0.3, 0.4) is 0 Å². The summed E-state index contributed by atoms with van der Waals surface area (Å²) in [6.45, 7) is 3.88. The molecule has 21 heavy (non-hydrogen) atoms. The minimum Gasteiger partial charge on any atom is -0.283 e. The molecule has 0 N–H and O–H groups in total. The van der Waals surface area contributed by atoms with Crippen molar-refractivity contribution in [2.24, 2.45) is 10.2 Å². The lowest BCUT2D eigenvalue weighted by Crippen LogP contribution is -1.84. The standard InChI is InChI=1S/C15H12ClFN4/c1-9-5-6-21-14(7-9)18-10(2)15(21)20-19-11-3-4-13(17)12(16)8-11/h3-8H,1-2H3. The highest BCUT2D eigenvalue weighted by atomic mass is 35.5. The van der Waals surface area contributed by atoms with Gasteiger partial charge in [0.25, 0.3) is 0 Å². The van der Waals surface area contributed by atoms with Gasteiger partial charge in [-0.15, -0.1) is 10.2 Å². The number of aryl methyl sites for hydroxylation is 2. The molecule has 0 amide bonds. The molecule has 2 heterocycles. The van der Waals surface area contributed by atoms with Crippen molar-refractivity contribution in [3.63, 3.8) is 0 Å². The first-order valence-corrected chi connectivity index (χ1v) is 6.74. The summed E-state index contributed by atoms with van der Waals surface area (Å²) in [5.41, 5.74) is 3.21. The summed E-state index contributed by atoms with van der Waals surface area (Å²) < 4.78 is 15.0. The average molecular weight is 303 g/mol. The zero-order valence-electron chi connectivity index (χ0n) is 11.5. The summed E-state index contributed by atoms with van der Waals surface area (Å²) in [6, 6.07) is 8.17. The van der Waals surface area contributed by atoms with Crippen LogP contribution in [-0.4, -0.2) is 9.38 Å². The fraction of sp³-hybridized carbons (Fsp3) is 0.133. The molecule has 0 atom stereocenters. The SMILES string of the molecule is Cc1ccn2c(N=Nc3ccc(F)c(Cl)c3)c(C)nc2c1. The summed E-state index contributed by atoms with van der Waals surface area (Å²) in [5, 5.41) is 8.33. The molecule has 0 radical (unpaired) electrons. The molecule has 0 unspecified atom stereocenters. The van der Waals surface area contributed by atoms with Crippen molar-refractivity contribution >= 4 is 28.8 Å². The molecule has 0 saturated heterocycles. The predicted octanol–water partition coefficient (Wildman–Crippen LogP) is 5.16. The molecule has 3 aromatic rings. The molecule has 106 valence electrons. The lowest BCUT2D eigenvalue weighted by molar-refractivity contribution is 0.628. The van der Waals surface area contributed by atoms with Crippen LogP contribution in [0.2, 0.25) is 5.02 Å². The van der Waals surface area contributed by atoms with Gasteiger partial charge in [0.2, 0.25) is 0 Å². The quantitative estimate of drug-likeness (QED) is 0.603. The highest BCUT2D eigenvalue weighted by Gasteiger charge is 2.08. The van der Waals surface area contributed by atoms with Gasteiger partial charge in [-0.3, -0.25) is 4.40 Å². The van der Waals surface area contributed by atoms with Crippen LogP contribution in [0.1, 0.15) is 11.3 Å². The van der Waals surface area contributed by atoms with Crippen LogP contribution in [-0.2, 0) is 0 Å². The van der Waals surface area contributed by atoms with Crippen molar-refractivity contribution in [1.29, 1.82) is 0 Å². The van der Waals surface area contributed by atoms with Gasteiger partial charge in [0.1, 0.15) is 11.5 Å². The molecule has 1 aromatic carbocycles. The second-order valence-corrected chi connectivity index (χ2v) is 5.16. The Bertz CT molecular complexity index is 854. The highest BCUT2D eigenvalue weighted by Crippen LogP contribution is 2.26. The van der Waals surface area contributed by atoms with E-state index in [1.807, 2.05) is 36.6 Å². The Morgan fingerprint density at radius 2 is 1.95 bits per heavy atom. The van der Waals surface area contributed by atoms with E-state index in [0.29, 0.717) is 11.5 Å². The van der Waals surface area contributed by atoms with Crippen molar-refractivity contribution in [2.45, 2.75) is 13.8 Å². The van der Waals surface area contributed by atoms with Crippen LogP contribution in [0.4, 0.5) is 15.9 Å². The largest absolute Gasteiger partial charge is 0.283 e. The molecule has 6 heteroatoms. The van der Waals surface area contributed by atoms with Gasteiger partial charge < -0.3 is 0 Å². The van der Waals surface area contributed by atoms with E-state index in [4.69, 9.17) is 11.6 Å². The summed E-state index contributed by atoms with van der Waals surface area (Å²) in [4.78, 5) is 4.44. The minimum atomic E-state index is -0.475. The Morgan fingerprint density at radius 1 is 1.14 bits per heavy atom. The molecule has 0 aliphatic carbocycles. The molecule has 0 aliphatic rings. The van der Waals surface area contributed by atoms with Crippen LogP contribution in [0.5, 0.6) is 0 Å². The van der Waals surface area contributed by atoms with Gasteiger partial charge in [0.15, 0.2) is 5.82 Å². The summed E-state index contributed by atoms with van der Waals surface area (Å²) in [5.74, 6) is 0.169. The minimum absolute atomic E-state index is 0.0249. The van der Waals surface area contributed by atoms with E-state index in [2.05, 4.69) is 15.2 Å². The number of hydrogen-bond acceptors (Lipinski definition) is 3. The number of azo groups is 1. The molecule has 0 spiro atoms. The first-order chi connectivity index (χ1) is 10.0. The van der Waals surface area contributed by atoms with E-state index in [9.17, 15) is 4.39 Å². The van der Waals surface area contributed by atoms with Gasteiger partial charge >= 0.3 is 0 Å². The van der Waals surface area contributed by atoms with Crippen molar-refractivity contribution in [2.75, 3.05) is 0 Å². The molecular formula is C15H12ClFN4. The summed E-state index contributed by atoms with van der Waals surface area (Å²) in [7, 11) is 0. The molecule has 0 saturated carbocycles. The lowest BCUT2D eigenvalue weighted by Gasteiger charge is -1.98. The molecule has 0 bridgehead atoms. The van der Waals surface area contributed by atoms with Crippen LogP contribution in [0.15, 0.2) is 46.8 Å². The van der Waals surface area contributed by atoms with Gasteiger partial charge in [-0.05, 0) is 49.7 Å². The Hall–Kier alpha value is -2.27. The number of aromatic nitrogens is 2. The van der Waals surface area contributed by atoms with Gasteiger partial charge in [-0.2, -0.15) is 0 Å². The van der Waals surface area contributed by atoms with Crippen LogP contribution in [0.25, 0.3) is 5.65 Å². The predicted molar refractivity (Wildman–Crippen MR) is 80.3 cm³/mol. The molecule has 2 aromatic heterocycles. The third-order valence-corrected chi connectivity index (χ3v) is 3.38. The van der Waals surface area contributed by atoms with E-state index >= 15 is 0 Å². The second kappa shape index (κ2) is 5.26. The average Bonchev–Trinajstić information content (AvgIpc) is 2.75. The number of benzene rings is 1. The molecule has 0 fully saturated rings. The zero-order valence-corrected chi connectivity index (χ0v) is 12.3. The number of pyridine rings is 1. The lowest BCUT2D eigenvalue weighted by atomic mass is 10.3. The summed E-state index contributed by atoms with van der Waals surface area (Å²) >= 11 is 5.72. The Kier molecular flexibility index (Phi) is 3.43. The Labute approximate surface area is 125 Å². The van der Waals surface area contributed by atoms with E-state index < -0.39 is 5.82 Å².